The minimum atomic E-state index is -1.24. The Morgan fingerprint density at radius 1 is 0.969 bits per heavy atom. The molecule has 1 aromatic rings. The van der Waals surface area contributed by atoms with Crippen LogP contribution in [0.1, 0.15) is 51.9 Å². The molecule has 0 saturated heterocycles. The Morgan fingerprint density at radius 2 is 1.44 bits per heavy atom. The normalized spacial score (nSPS) is 13.1. The summed E-state index contributed by atoms with van der Waals surface area (Å²) in [6.45, 7) is 9.31. The van der Waals surface area contributed by atoms with Gasteiger partial charge in [-0.15, -0.1) is 0 Å². The maximum atomic E-state index is 13.0. The van der Waals surface area contributed by atoms with Gasteiger partial charge in [-0.2, -0.15) is 4.90 Å². The third kappa shape index (κ3) is 5.56. The number of anilines is 1. The van der Waals surface area contributed by atoms with Gasteiger partial charge in [0.2, 0.25) is 0 Å². The largest absolute Gasteiger partial charge is 0.485 e. The summed E-state index contributed by atoms with van der Waals surface area (Å²) in [6.07, 6.45) is -2.48. The number of esters is 1. The number of hydrogen-bond donors (Lipinski definition) is 0. The van der Waals surface area contributed by atoms with Gasteiger partial charge in [-0.3, -0.25) is 10.1 Å². The Hall–Kier alpha value is -3.57. The molecule has 0 spiro atoms. The zero-order valence-electron chi connectivity index (χ0n) is 19.0. The first-order valence-electron chi connectivity index (χ1n) is 9.61. The zero-order chi connectivity index (χ0) is 24.4. The van der Waals surface area contributed by atoms with Gasteiger partial charge in [0.1, 0.15) is 30.0 Å². The van der Waals surface area contributed by atoms with E-state index in [0.717, 1.165) is 13.2 Å². The average molecular weight is 454 g/mol. The predicted molar refractivity (Wildman–Crippen MR) is 110 cm³/mol. The van der Waals surface area contributed by atoms with Gasteiger partial charge in [0.25, 0.3) is 5.69 Å². The number of benzene rings is 1. The van der Waals surface area contributed by atoms with Gasteiger partial charge in [0.05, 0.1) is 12.0 Å². The fourth-order valence-electron chi connectivity index (χ4n) is 2.67. The first-order valence-corrected chi connectivity index (χ1v) is 9.61. The van der Waals surface area contributed by atoms with Crippen molar-refractivity contribution < 1.29 is 43.0 Å². The van der Waals surface area contributed by atoms with Crippen molar-refractivity contribution in [1.82, 2.24) is 0 Å². The Labute approximate surface area is 184 Å². The lowest BCUT2D eigenvalue weighted by molar-refractivity contribution is -0.384. The van der Waals surface area contributed by atoms with Crippen LogP contribution in [0.4, 0.5) is 21.0 Å². The van der Waals surface area contributed by atoms with Crippen molar-refractivity contribution in [2.45, 2.75) is 52.7 Å². The van der Waals surface area contributed by atoms with Gasteiger partial charge in [-0.1, -0.05) is 0 Å². The maximum absolute atomic E-state index is 13.0. The number of nitro benzene ring substituents is 1. The Morgan fingerprint density at radius 3 is 1.84 bits per heavy atom. The summed E-state index contributed by atoms with van der Waals surface area (Å²) in [5, 5.41) is 11.9. The Bertz CT molecular complexity index is 915. The lowest BCUT2D eigenvalue weighted by Crippen LogP contribution is -2.44. The predicted octanol–water partition coefficient (Wildman–Crippen LogP) is 3.83. The molecule has 0 unspecified atom stereocenters. The minimum Gasteiger partial charge on any atom is -0.485 e. The molecule has 1 aromatic carbocycles. The SMILES string of the molecule is COC(=O)c1cc([N+](=O)[O-])c(N(C(=O)OC(C)(C)C)C(=O)OC(C)(C)C)c2c1OCCO2. The van der Waals surface area contributed by atoms with E-state index >= 15 is 0 Å². The lowest BCUT2D eigenvalue weighted by atomic mass is 10.1. The summed E-state index contributed by atoms with van der Waals surface area (Å²) in [4.78, 5) is 49.6. The van der Waals surface area contributed by atoms with Crippen LogP contribution in [0.15, 0.2) is 6.07 Å². The lowest BCUT2D eigenvalue weighted by Gasteiger charge is -2.30. The van der Waals surface area contributed by atoms with E-state index < -0.39 is 45.7 Å². The molecule has 0 fully saturated rings. The molecule has 1 heterocycles. The molecule has 2 rings (SSSR count). The number of carbonyl (C=O) groups is 3. The summed E-state index contributed by atoms with van der Waals surface area (Å²) in [5.74, 6) is -1.49. The molecule has 2 amide bonds. The van der Waals surface area contributed by atoms with Crippen LogP contribution in [-0.2, 0) is 14.2 Å². The van der Waals surface area contributed by atoms with E-state index in [1.165, 1.54) is 0 Å². The fourth-order valence-corrected chi connectivity index (χ4v) is 2.67. The van der Waals surface area contributed by atoms with Crippen LogP contribution in [-0.4, -0.2) is 54.6 Å². The molecule has 32 heavy (non-hydrogen) atoms. The van der Waals surface area contributed by atoms with Crippen LogP contribution >= 0.6 is 0 Å². The van der Waals surface area contributed by atoms with E-state index in [-0.39, 0.29) is 30.3 Å². The molecule has 0 radical (unpaired) electrons. The second kappa shape index (κ2) is 8.89. The number of nitro groups is 1. The van der Waals surface area contributed by atoms with Gasteiger partial charge < -0.3 is 23.7 Å². The van der Waals surface area contributed by atoms with Gasteiger partial charge in [0, 0.05) is 6.07 Å². The molecular weight excluding hydrogens is 428 g/mol. The summed E-state index contributed by atoms with van der Waals surface area (Å²) in [7, 11) is 1.09. The van der Waals surface area contributed by atoms with E-state index in [2.05, 4.69) is 4.74 Å². The number of ether oxygens (including phenoxy) is 5. The van der Waals surface area contributed by atoms with E-state index in [9.17, 15) is 24.5 Å². The topological polar surface area (TPSA) is 144 Å². The van der Waals surface area contributed by atoms with Crippen molar-refractivity contribution in [2.24, 2.45) is 0 Å². The van der Waals surface area contributed by atoms with E-state index in [1.807, 2.05) is 0 Å². The highest BCUT2D eigenvalue weighted by molar-refractivity contribution is 6.14. The number of methoxy groups -OCH3 is 1. The Balaban J connectivity index is 2.84. The number of imide groups is 1. The fraction of sp³-hybridized carbons (Fsp3) is 0.550. The van der Waals surface area contributed by atoms with Crippen molar-refractivity contribution in [3.05, 3.63) is 21.7 Å². The number of rotatable bonds is 3. The van der Waals surface area contributed by atoms with Gasteiger partial charge in [-0.05, 0) is 41.5 Å². The molecule has 12 heteroatoms. The zero-order valence-corrected chi connectivity index (χ0v) is 19.0. The molecule has 1 aliphatic rings. The highest BCUT2D eigenvalue weighted by Gasteiger charge is 2.43. The van der Waals surface area contributed by atoms with Crippen LogP contribution in [0, 0.1) is 10.1 Å². The summed E-state index contributed by atoms with van der Waals surface area (Å²) in [5.41, 5.74) is -3.76. The maximum Gasteiger partial charge on any atom is 0.424 e. The Kier molecular flexibility index (Phi) is 6.86. The first kappa shape index (κ1) is 24.7. The molecular formula is C20H26N2O10. The quantitative estimate of drug-likeness (QED) is 0.286. The van der Waals surface area contributed by atoms with Crippen molar-refractivity contribution in [3.63, 3.8) is 0 Å². The standard InChI is InChI=1S/C20H26N2O10/c1-19(2,3)31-17(24)21(18(25)32-20(4,5)6)13-12(22(26)27)10-11(16(23)28-7)14-15(13)30-9-8-29-14/h10H,8-9H2,1-7H3. The van der Waals surface area contributed by atoms with E-state index in [1.54, 1.807) is 41.5 Å². The molecule has 0 atom stereocenters. The summed E-state index contributed by atoms with van der Waals surface area (Å²) < 4.78 is 26.3. The van der Waals surface area contributed by atoms with E-state index in [0.29, 0.717) is 4.90 Å². The first-order chi connectivity index (χ1) is 14.7. The van der Waals surface area contributed by atoms with Crippen LogP contribution in [0.5, 0.6) is 11.5 Å². The van der Waals surface area contributed by atoms with Crippen molar-refractivity contribution in [3.8, 4) is 11.5 Å². The number of amides is 2. The molecule has 1 aliphatic heterocycles. The molecule has 0 aromatic heterocycles. The van der Waals surface area contributed by atoms with Crippen molar-refractivity contribution in [1.29, 1.82) is 0 Å². The van der Waals surface area contributed by atoms with Gasteiger partial charge >= 0.3 is 18.2 Å². The summed E-state index contributed by atoms with van der Waals surface area (Å²) in [6, 6.07) is 0.844. The van der Waals surface area contributed by atoms with Gasteiger partial charge in [0.15, 0.2) is 17.2 Å². The molecule has 0 N–H and O–H groups in total. The number of fused-ring (bicyclic) bond motifs is 1. The van der Waals surface area contributed by atoms with Crippen molar-refractivity contribution >= 4 is 29.5 Å². The molecule has 176 valence electrons. The highest BCUT2D eigenvalue weighted by atomic mass is 16.6. The van der Waals surface area contributed by atoms with Crippen LogP contribution in [0.3, 0.4) is 0 Å². The van der Waals surface area contributed by atoms with Crippen LogP contribution in [0.2, 0.25) is 0 Å². The number of nitrogens with zero attached hydrogens (tertiary/aromatic N) is 2. The smallest absolute Gasteiger partial charge is 0.424 e. The summed E-state index contributed by atoms with van der Waals surface area (Å²) >= 11 is 0. The second-order valence-corrected chi connectivity index (χ2v) is 8.69. The monoisotopic (exact) mass is 454 g/mol. The average Bonchev–Trinajstić information content (AvgIpc) is 2.64. The molecule has 0 saturated carbocycles. The van der Waals surface area contributed by atoms with Gasteiger partial charge in [-0.25, -0.2) is 14.4 Å². The van der Waals surface area contributed by atoms with Crippen LogP contribution in [0.25, 0.3) is 0 Å². The molecule has 0 aliphatic carbocycles. The third-order valence-electron chi connectivity index (χ3n) is 3.74. The molecule has 0 bridgehead atoms. The third-order valence-corrected chi connectivity index (χ3v) is 3.74. The van der Waals surface area contributed by atoms with Crippen LogP contribution < -0.4 is 14.4 Å². The highest BCUT2D eigenvalue weighted by Crippen LogP contribution is 2.49. The number of hydrogen-bond acceptors (Lipinski definition) is 10. The molecule has 12 nitrogen and oxygen atoms in total. The van der Waals surface area contributed by atoms with Crippen molar-refractivity contribution in [2.75, 3.05) is 25.2 Å². The minimum absolute atomic E-state index is 0.0210. The second-order valence-electron chi connectivity index (χ2n) is 8.69. The van der Waals surface area contributed by atoms with E-state index in [4.69, 9.17) is 18.9 Å². The number of carbonyl (C=O) groups excluding carboxylic acids is 3.